The highest BCUT2D eigenvalue weighted by Gasteiger charge is 2.69. The molecule has 128 valence electrons. The summed E-state index contributed by atoms with van der Waals surface area (Å²) in [5, 5.41) is 0.438. The number of hydrogen-bond acceptors (Lipinski definition) is 4. The second-order valence-corrected chi connectivity index (χ2v) is 9.03. The molecule has 4 nitrogen and oxygen atoms in total. The van der Waals surface area contributed by atoms with Gasteiger partial charge in [0.1, 0.15) is 0 Å². The largest absolute Gasteiger partial charge is 0.330 e. The number of nitrogens with two attached hydrogens (primary N) is 2. The zero-order valence-corrected chi connectivity index (χ0v) is 15.2. The molecule has 3 rings (SSSR count). The zero-order chi connectivity index (χ0) is 17.5. The van der Waals surface area contributed by atoms with Crippen molar-refractivity contribution >= 4 is 33.0 Å². The summed E-state index contributed by atoms with van der Waals surface area (Å²) in [4.78, 5) is 0.236. The van der Waals surface area contributed by atoms with Crippen molar-refractivity contribution in [2.45, 2.75) is 16.1 Å². The van der Waals surface area contributed by atoms with Crippen molar-refractivity contribution in [2.75, 3.05) is 13.1 Å². The van der Waals surface area contributed by atoms with E-state index in [4.69, 9.17) is 34.7 Å². The first-order chi connectivity index (χ1) is 11.4. The first kappa shape index (κ1) is 17.7. The molecule has 2 aromatic rings. The first-order valence-corrected chi connectivity index (χ1v) is 9.82. The molecule has 1 aliphatic rings. The fourth-order valence-electron chi connectivity index (χ4n) is 3.46. The maximum Gasteiger partial charge on any atom is 0.182 e. The lowest BCUT2D eigenvalue weighted by Crippen LogP contribution is -2.31. The SMILES string of the molecule is NCC1(CN)[C@H](S(=O)(=O)c2ccc(Cl)cc2)[C@@H]1c1ccc(Cl)cc1. The van der Waals surface area contributed by atoms with E-state index in [1.807, 2.05) is 12.1 Å². The fraction of sp³-hybridized carbons (Fsp3) is 0.294. The maximum atomic E-state index is 13.1. The van der Waals surface area contributed by atoms with E-state index in [9.17, 15) is 8.42 Å². The van der Waals surface area contributed by atoms with Crippen molar-refractivity contribution in [1.29, 1.82) is 0 Å². The van der Waals surface area contributed by atoms with E-state index < -0.39 is 20.5 Å². The third-order valence-corrected chi connectivity index (χ3v) is 7.69. The molecule has 4 N–H and O–H groups in total. The Morgan fingerprint density at radius 3 is 1.79 bits per heavy atom. The number of halogens is 2. The van der Waals surface area contributed by atoms with Gasteiger partial charge in [0, 0.05) is 34.5 Å². The Morgan fingerprint density at radius 2 is 1.33 bits per heavy atom. The van der Waals surface area contributed by atoms with Crippen LogP contribution in [0.3, 0.4) is 0 Å². The van der Waals surface area contributed by atoms with Crippen LogP contribution in [-0.2, 0) is 9.84 Å². The topological polar surface area (TPSA) is 86.2 Å². The Balaban J connectivity index is 2.04. The molecule has 0 amide bonds. The summed E-state index contributed by atoms with van der Waals surface area (Å²) in [5.74, 6) is -0.245. The van der Waals surface area contributed by atoms with E-state index in [-0.39, 0.29) is 23.9 Å². The molecule has 1 aliphatic carbocycles. The van der Waals surface area contributed by atoms with Crippen LogP contribution in [0.5, 0.6) is 0 Å². The Labute approximate surface area is 151 Å². The molecule has 0 bridgehead atoms. The lowest BCUT2D eigenvalue weighted by atomic mass is 9.99. The van der Waals surface area contributed by atoms with Crippen molar-refractivity contribution < 1.29 is 8.42 Å². The molecule has 0 heterocycles. The van der Waals surface area contributed by atoms with Crippen LogP contribution in [-0.4, -0.2) is 26.8 Å². The van der Waals surface area contributed by atoms with Gasteiger partial charge in [0.05, 0.1) is 10.1 Å². The molecule has 0 saturated heterocycles. The van der Waals surface area contributed by atoms with Crippen molar-refractivity contribution in [1.82, 2.24) is 0 Å². The summed E-state index contributed by atoms with van der Waals surface area (Å²) in [7, 11) is -3.57. The average molecular weight is 385 g/mol. The number of rotatable bonds is 5. The molecular formula is C17H18Cl2N2O2S. The van der Waals surface area contributed by atoms with E-state index in [0.29, 0.717) is 10.0 Å². The molecule has 0 aliphatic heterocycles. The minimum Gasteiger partial charge on any atom is -0.330 e. The van der Waals surface area contributed by atoms with Crippen molar-refractivity contribution in [2.24, 2.45) is 16.9 Å². The summed E-state index contributed by atoms with van der Waals surface area (Å²) in [5.41, 5.74) is 12.1. The predicted molar refractivity (Wildman–Crippen MR) is 97.2 cm³/mol. The average Bonchev–Trinajstić information content (AvgIpc) is 3.26. The van der Waals surface area contributed by atoms with E-state index >= 15 is 0 Å². The third kappa shape index (κ3) is 2.74. The van der Waals surface area contributed by atoms with Crippen LogP contribution >= 0.6 is 23.2 Å². The van der Waals surface area contributed by atoms with Gasteiger partial charge in [-0.3, -0.25) is 0 Å². The number of benzene rings is 2. The summed E-state index contributed by atoms with van der Waals surface area (Å²) in [6.07, 6.45) is 0. The molecule has 1 fully saturated rings. The van der Waals surface area contributed by atoms with Crippen LogP contribution in [0.2, 0.25) is 10.0 Å². The third-order valence-electron chi connectivity index (χ3n) is 4.85. The van der Waals surface area contributed by atoms with Crippen LogP contribution in [0.1, 0.15) is 11.5 Å². The number of hydrogen-bond donors (Lipinski definition) is 2. The smallest absolute Gasteiger partial charge is 0.182 e. The Hall–Kier alpha value is -1.11. The maximum absolute atomic E-state index is 13.1. The molecule has 7 heteroatoms. The lowest BCUT2D eigenvalue weighted by molar-refractivity contribution is 0.510. The fourth-order valence-corrected chi connectivity index (χ4v) is 6.18. The van der Waals surface area contributed by atoms with Crippen molar-refractivity contribution in [3.05, 3.63) is 64.1 Å². The molecule has 24 heavy (non-hydrogen) atoms. The highest BCUT2D eigenvalue weighted by molar-refractivity contribution is 7.92. The van der Waals surface area contributed by atoms with Gasteiger partial charge in [-0.15, -0.1) is 0 Å². The summed E-state index contributed by atoms with van der Waals surface area (Å²) in [6.45, 7) is 0.405. The van der Waals surface area contributed by atoms with Gasteiger partial charge in [0.2, 0.25) is 0 Å². The molecule has 0 spiro atoms. The van der Waals surface area contributed by atoms with Gasteiger partial charge in [-0.2, -0.15) is 0 Å². The Bertz CT molecular complexity index is 832. The van der Waals surface area contributed by atoms with Gasteiger partial charge < -0.3 is 11.5 Å². The predicted octanol–water partition coefficient (Wildman–Crippen LogP) is 2.84. The first-order valence-electron chi connectivity index (χ1n) is 7.52. The van der Waals surface area contributed by atoms with Gasteiger partial charge in [-0.1, -0.05) is 35.3 Å². The minimum atomic E-state index is -3.57. The quantitative estimate of drug-likeness (QED) is 0.829. The van der Waals surface area contributed by atoms with E-state index in [1.54, 1.807) is 24.3 Å². The van der Waals surface area contributed by atoms with Gasteiger partial charge in [0.15, 0.2) is 9.84 Å². The van der Waals surface area contributed by atoms with Crippen LogP contribution < -0.4 is 11.5 Å². The summed E-state index contributed by atoms with van der Waals surface area (Å²) >= 11 is 11.8. The molecule has 2 atom stereocenters. The van der Waals surface area contributed by atoms with Crippen LogP contribution in [0.15, 0.2) is 53.4 Å². The Kier molecular flexibility index (Phi) is 4.66. The molecule has 2 aromatic carbocycles. The Morgan fingerprint density at radius 1 is 0.875 bits per heavy atom. The normalized spacial score (nSPS) is 22.3. The van der Waals surface area contributed by atoms with Crippen molar-refractivity contribution in [3.63, 3.8) is 0 Å². The van der Waals surface area contributed by atoms with E-state index in [1.165, 1.54) is 12.1 Å². The number of sulfone groups is 1. The summed E-state index contributed by atoms with van der Waals surface area (Å²) < 4.78 is 26.2. The molecule has 0 unspecified atom stereocenters. The molecule has 0 aromatic heterocycles. The summed E-state index contributed by atoms with van der Waals surface area (Å²) in [6, 6.07) is 13.4. The van der Waals surface area contributed by atoms with Crippen LogP contribution in [0.25, 0.3) is 0 Å². The standard InChI is InChI=1S/C17H18Cl2N2O2S/c18-12-3-1-11(2-4-12)15-16(17(15,9-20)10-21)24(22,23)14-7-5-13(19)6-8-14/h1-8,15-16H,9-10,20-21H2/t15-,16+/m0/s1. The highest BCUT2D eigenvalue weighted by atomic mass is 35.5. The monoisotopic (exact) mass is 384 g/mol. The van der Waals surface area contributed by atoms with Gasteiger partial charge in [0.25, 0.3) is 0 Å². The second-order valence-electron chi connectivity index (χ2n) is 6.09. The molecule has 1 saturated carbocycles. The van der Waals surface area contributed by atoms with Gasteiger partial charge >= 0.3 is 0 Å². The highest BCUT2D eigenvalue weighted by Crippen LogP contribution is 2.63. The minimum absolute atomic E-state index is 0.203. The van der Waals surface area contributed by atoms with E-state index in [2.05, 4.69) is 0 Å². The van der Waals surface area contributed by atoms with Crippen molar-refractivity contribution in [3.8, 4) is 0 Å². The van der Waals surface area contributed by atoms with Gasteiger partial charge in [-0.05, 0) is 42.0 Å². The second kappa shape index (κ2) is 6.32. The van der Waals surface area contributed by atoms with Crippen LogP contribution in [0, 0.1) is 5.41 Å². The molecular weight excluding hydrogens is 367 g/mol. The molecule has 0 radical (unpaired) electrons. The van der Waals surface area contributed by atoms with Crippen LogP contribution in [0.4, 0.5) is 0 Å². The van der Waals surface area contributed by atoms with Gasteiger partial charge in [-0.25, -0.2) is 8.42 Å². The van der Waals surface area contributed by atoms with E-state index in [0.717, 1.165) is 5.56 Å². The lowest BCUT2D eigenvalue weighted by Gasteiger charge is -2.13. The zero-order valence-electron chi connectivity index (χ0n) is 12.8.